The molecule has 8 nitrogen and oxygen atoms in total. The molecule has 0 radical (unpaired) electrons. The molecule has 1 aromatic heterocycles. The van der Waals surface area contributed by atoms with Crippen molar-refractivity contribution in [2.24, 2.45) is 0 Å². The number of aryl methyl sites for hydroxylation is 1. The van der Waals surface area contributed by atoms with Gasteiger partial charge in [-0.3, -0.25) is 0 Å². The summed E-state index contributed by atoms with van der Waals surface area (Å²) in [6.45, 7) is 2.10. The number of carboxylic acids is 2. The van der Waals surface area contributed by atoms with Gasteiger partial charge in [-0.05, 0) is 42.7 Å². The Morgan fingerprint density at radius 2 is 1.83 bits per heavy atom. The van der Waals surface area contributed by atoms with Crippen LogP contribution in [0.1, 0.15) is 23.7 Å². The summed E-state index contributed by atoms with van der Waals surface area (Å²) in [5, 5.41) is 19.2. The van der Waals surface area contributed by atoms with Gasteiger partial charge in [-0.1, -0.05) is 6.07 Å². The molecule has 1 atom stereocenters. The van der Waals surface area contributed by atoms with Gasteiger partial charge >= 0.3 is 11.9 Å². The maximum Gasteiger partial charge on any atom is 0.328 e. The summed E-state index contributed by atoms with van der Waals surface area (Å²) in [4.78, 5) is 19.1. The monoisotopic (exact) mass is 402 g/mol. The number of aromatic nitrogens is 1. The predicted octanol–water partition coefficient (Wildman–Crippen LogP) is 2.49. The Morgan fingerprint density at radius 3 is 2.45 bits per heavy atom. The quantitative estimate of drug-likeness (QED) is 0.610. The van der Waals surface area contributed by atoms with Gasteiger partial charge in [-0.25, -0.2) is 9.59 Å². The van der Waals surface area contributed by atoms with E-state index in [4.69, 9.17) is 19.7 Å². The molecule has 0 saturated heterocycles. The molecule has 1 aliphatic heterocycles. The average Bonchev–Trinajstić information content (AvgIpc) is 3.20. The van der Waals surface area contributed by atoms with Crippen molar-refractivity contribution >= 4 is 11.9 Å². The third-order valence-electron chi connectivity index (χ3n) is 4.50. The lowest BCUT2D eigenvalue weighted by atomic mass is 10.0. The van der Waals surface area contributed by atoms with Gasteiger partial charge in [-0.15, -0.1) is 0 Å². The first-order chi connectivity index (χ1) is 13.9. The molecular formula is C21H26N2O6. The van der Waals surface area contributed by atoms with Crippen molar-refractivity contribution in [3.8, 4) is 11.5 Å². The Morgan fingerprint density at radius 1 is 1.14 bits per heavy atom. The van der Waals surface area contributed by atoms with Gasteiger partial charge in [0, 0.05) is 43.2 Å². The van der Waals surface area contributed by atoms with E-state index in [-0.39, 0.29) is 0 Å². The smallest absolute Gasteiger partial charge is 0.328 e. The lowest BCUT2D eigenvalue weighted by molar-refractivity contribution is -0.134. The van der Waals surface area contributed by atoms with Crippen LogP contribution < -0.4 is 14.8 Å². The van der Waals surface area contributed by atoms with E-state index in [2.05, 4.69) is 40.3 Å². The zero-order valence-electron chi connectivity index (χ0n) is 16.5. The molecule has 0 spiro atoms. The fourth-order valence-corrected chi connectivity index (χ4v) is 3.15. The van der Waals surface area contributed by atoms with Crippen molar-refractivity contribution < 1.29 is 29.3 Å². The number of benzene rings is 1. The molecule has 0 bridgehead atoms. The van der Waals surface area contributed by atoms with Crippen LogP contribution in [0.3, 0.4) is 0 Å². The van der Waals surface area contributed by atoms with Crippen molar-refractivity contribution in [1.82, 2.24) is 9.88 Å². The molecule has 2 heterocycles. The molecule has 0 saturated carbocycles. The Hall–Kier alpha value is -3.26. The minimum atomic E-state index is -1.26. The number of aliphatic carboxylic acids is 2. The summed E-state index contributed by atoms with van der Waals surface area (Å²) < 4.78 is 13.0. The van der Waals surface area contributed by atoms with Crippen LogP contribution in [0, 0.1) is 0 Å². The van der Waals surface area contributed by atoms with Crippen LogP contribution in [-0.4, -0.2) is 47.5 Å². The van der Waals surface area contributed by atoms with E-state index in [9.17, 15) is 9.59 Å². The number of rotatable bonds is 7. The summed E-state index contributed by atoms with van der Waals surface area (Å²) in [5.41, 5.74) is 2.67. The predicted molar refractivity (Wildman–Crippen MR) is 107 cm³/mol. The molecule has 0 fully saturated rings. The number of methoxy groups -OCH3 is 2. The molecule has 0 aliphatic carbocycles. The summed E-state index contributed by atoms with van der Waals surface area (Å²) >= 11 is 0. The van der Waals surface area contributed by atoms with Crippen molar-refractivity contribution in [2.75, 3.05) is 20.8 Å². The molecular weight excluding hydrogens is 376 g/mol. The number of nitrogens with one attached hydrogen (secondary N) is 1. The minimum Gasteiger partial charge on any atom is -0.493 e. The van der Waals surface area contributed by atoms with Crippen LogP contribution in [0.4, 0.5) is 0 Å². The fraction of sp³-hybridized carbons (Fsp3) is 0.333. The van der Waals surface area contributed by atoms with Crippen molar-refractivity contribution in [1.29, 1.82) is 0 Å². The van der Waals surface area contributed by atoms with E-state index in [1.54, 1.807) is 14.2 Å². The zero-order chi connectivity index (χ0) is 21.2. The van der Waals surface area contributed by atoms with E-state index < -0.39 is 11.9 Å². The molecule has 1 aliphatic rings. The molecule has 29 heavy (non-hydrogen) atoms. The second-order valence-corrected chi connectivity index (χ2v) is 6.37. The van der Waals surface area contributed by atoms with Crippen LogP contribution in [-0.2, 0) is 22.6 Å². The van der Waals surface area contributed by atoms with Gasteiger partial charge in [0.2, 0.25) is 0 Å². The van der Waals surface area contributed by atoms with Crippen LogP contribution in [0.25, 0.3) is 0 Å². The highest BCUT2D eigenvalue weighted by Gasteiger charge is 2.18. The highest BCUT2D eigenvalue weighted by molar-refractivity contribution is 5.89. The van der Waals surface area contributed by atoms with E-state index >= 15 is 0 Å². The number of fused-ring (bicyclic) bond motifs is 1. The lowest BCUT2D eigenvalue weighted by Gasteiger charge is -2.26. The molecule has 8 heteroatoms. The van der Waals surface area contributed by atoms with Gasteiger partial charge in [0.05, 0.1) is 14.2 Å². The van der Waals surface area contributed by atoms with Gasteiger partial charge in [-0.2, -0.15) is 0 Å². The van der Waals surface area contributed by atoms with Crippen molar-refractivity contribution in [2.45, 2.75) is 25.4 Å². The van der Waals surface area contributed by atoms with E-state index in [1.807, 2.05) is 6.07 Å². The maximum atomic E-state index is 9.55. The summed E-state index contributed by atoms with van der Waals surface area (Å²) in [6.07, 6.45) is 5.38. The number of hydrogen-bond donors (Lipinski definition) is 3. The number of hydrogen-bond acceptors (Lipinski definition) is 5. The Bertz CT molecular complexity index is 843. The van der Waals surface area contributed by atoms with E-state index in [0.717, 1.165) is 37.4 Å². The molecule has 1 unspecified atom stereocenters. The molecule has 156 valence electrons. The average molecular weight is 402 g/mol. The third-order valence-corrected chi connectivity index (χ3v) is 4.50. The molecule has 0 amide bonds. The fourth-order valence-electron chi connectivity index (χ4n) is 3.15. The van der Waals surface area contributed by atoms with Gasteiger partial charge < -0.3 is 29.6 Å². The van der Waals surface area contributed by atoms with Crippen molar-refractivity contribution in [3.63, 3.8) is 0 Å². The van der Waals surface area contributed by atoms with Crippen LogP contribution >= 0.6 is 0 Å². The third kappa shape index (κ3) is 6.69. The summed E-state index contributed by atoms with van der Waals surface area (Å²) in [7, 11) is 3.34. The highest BCUT2D eigenvalue weighted by atomic mass is 16.5. The Balaban J connectivity index is 0.000000321. The second-order valence-electron chi connectivity index (χ2n) is 6.37. The maximum absolute atomic E-state index is 9.55. The number of carboxylic acid groups (broad SMARTS) is 2. The van der Waals surface area contributed by atoms with Gasteiger partial charge in [0.15, 0.2) is 11.5 Å². The first-order valence-corrected chi connectivity index (χ1v) is 9.18. The van der Waals surface area contributed by atoms with E-state index in [1.165, 1.54) is 11.3 Å². The van der Waals surface area contributed by atoms with Crippen LogP contribution in [0.15, 0.2) is 48.7 Å². The van der Waals surface area contributed by atoms with Gasteiger partial charge in [0.25, 0.3) is 0 Å². The number of nitrogens with zero attached hydrogens (tertiary/aromatic N) is 1. The molecule has 1 aromatic carbocycles. The second kappa shape index (κ2) is 10.9. The Labute approximate surface area is 169 Å². The minimum absolute atomic E-state index is 0.432. The highest BCUT2D eigenvalue weighted by Crippen LogP contribution is 2.29. The topological polar surface area (TPSA) is 110 Å². The van der Waals surface area contributed by atoms with Gasteiger partial charge in [0.1, 0.15) is 0 Å². The largest absolute Gasteiger partial charge is 0.493 e. The van der Waals surface area contributed by atoms with Crippen LogP contribution in [0.2, 0.25) is 0 Å². The normalized spacial score (nSPS) is 15.2. The van der Waals surface area contributed by atoms with Crippen molar-refractivity contribution in [3.05, 3.63) is 59.9 Å². The lowest BCUT2D eigenvalue weighted by Crippen LogP contribution is -2.33. The molecule has 3 rings (SSSR count). The SMILES string of the molecule is COc1ccc(CCC2NCCn3cccc32)cc1OC.O=C(O)C=CC(=O)O. The first kappa shape index (κ1) is 22.0. The summed E-state index contributed by atoms with van der Waals surface area (Å²) in [6, 6.07) is 10.9. The Kier molecular flexibility index (Phi) is 8.29. The number of ether oxygens (including phenoxy) is 2. The number of carbonyl (C=O) groups is 2. The van der Waals surface area contributed by atoms with E-state index in [0.29, 0.717) is 18.2 Å². The zero-order valence-corrected chi connectivity index (χ0v) is 16.5. The first-order valence-electron chi connectivity index (χ1n) is 9.18. The summed E-state index contributed by atoms with van der Waals surface area (Å²) in [5.74, 6) is -0.930. The standard InChI is InChI=1S/C17H22N2O2.C4H4O4/c1-20-16-8-6-13(12-17(16)21-2)5-7-14-15-4-3-10-19(15)11-9-18-14;5-3(6)1-2-4(7)8/h3-4,6,8,10,12,14,18H,5,7,9,11H2,1-2H3;1-2H,(H,5,6)(H,7,8). The molecule has 2 aromatic rings. The molecule has 3 N–H and O–H groups in total. The van der Waals surface area contributed by atoms with Crippen LogP contribution in [0.5, 0.6) is 11.5 Å².